The summed E-state index contributed by atoms with van der Waals surface area (Å²) in [7, 11) is -2.06. The molecule has 0 aliphatic carbocycles. The Morgan fingerprint density at radius 3 is 2.37 bits per heavy atom. The van der Waals surface area contributed by atoms with E-state index in [1.165, 1.54) is 14.9 Å². The van der Waals surface area contributed by atoms with E-state index in [0.717, 1.165) is 21.5 Å². The van der Waals surface area contributed by atoms with Crippen LogP contribution in [0.5, 0.6) is 0 Å². The van der Waals surface area contributed by atoms with E-state index in [-0.39, 0.29) is 40.5 Å². The highest BCUT2D eigenvalue weighted by Gasteiger charge is 2.45. The average molecular weight is 754 g/mol. The van der Waals surface area contributed by atoms with Crippen LogP contribution >= 0.6 is 0 Å². The molecule has 4 aliphatic rings. The van der Waals surface area contributed by atoms with Gasteiger partial charge < -0.3 is 10.2 Å². The normalized spacial score (nSPS) is 20.4. The van der Waals surface area contributed by atoms with Crippen molar-refractivity contribution in [3.8, 4) is 0 Å². The highest BCUT2D eigenvalue weighted by molar-refractivity contribution is 7.89. The predicted molar refractivity (Wildman–Crippen MR) is 197 cm³/mol. The van der Waals surface area contributed by atoms with Gasteiger partial charge in [0.1, 0.15) is 11.7 Å². The number of fused-ring (bicyclic) bond motifs is 2. The van der Waals surface area contributed by atoms with Crippen LogP contribution in [-0.2, 0) is 33.2 Å². The number of hydrogen-bond acceptors (Lipinski definition) is 12. The van der Waals surface area contributed by atoms with E-state index in [4.69, 9.17) is 0 Å². The molecule has 16 nitrogen and oxygen atoms in total. The summed E-state index contributed by atoms with van der Waals surface area (Å²) in [6.45, 7) is 3.95. The number of imide groups is 2. The van der Waals surface area contributed by atoms with E-state index in [2.05, 4.69) is 30.4 Å². The van der Waals surface area contributed by atoms with Crippen LogP contribution in [-0.4, -0.2) is 112 Å². The molecule has 0 saturated carbocycles. The largest absolute Gasteiger partial charge is 0.369 e. The lowest BCUT2D eigenvalue weighted by Crippen LogP contribution is -2.54. The van der Waals surface area contributed by atoms with Crippen LogP contribution in [0.2, 0.25) is 0 Å². The molecule has 6 heterocycles. The van der Waals surface area contributed by atoms with Crippen molar-refractivity contribution in [3.63, 3.8) is 0 Å². The Hall–Kier alpha value is -5.52. The van der Waals surface area contributed by atoms with Crippen molar-refractivity contribution in [1.29, 1.82) is 0 Å². The van der Waals surface area contributed by atoms with Crippen molar-refractivity contribution in [3.05, 3.63) is 87.8 Å². The van der Waals surface area contributed by atoms with Crippen molar-refractivity contribution in [1.82, 2.24) is 34.0 Å². The number of sulfonamides is 1. The van der Waals surface area contributed by atoms with Gasteiger partial charge in [0.15, 0.2) is 0 Å². The van der Waals surface area contributed by atoms with Crippen molar-refractivity contribution < 1.29 is 27.6 Å². The molecule has 0 radical (unpaired) electrons. The molecule has 3 fully saturated rings. The van der Waals surface area contributed by atoms with Gasteiger partial charge in [-0.3, -0.25) is 43.7 Å². The van der Waals surface area contributed by atoms with Gasteiger partial charge in [0.2, 0.25) is 27.8 Å². The highest BCUT2D eigenvalue weighted by atomic mass is 32.2. The summed E-state index contributed by atoms with van der Waals surface area (Å²) in [6, 6.07) is 14.3. The number of anilines is 2. The van der Waals surface area contributed by atoms with Crippen molar-refractivity contribution >= 4 is 56.3 Å². The van der Waals surface area contributed by atoms with Gasteiger partial charge >= 0.3 is 0 Å². The third kappa shape index (κ3) is 6.62. The fourth-order valence-corrected chi connectivity index (χ4v) is 9.21. The van der Waals surface area contributed by atoms with Crippen LogP contribution in [0.15, 0.2) is 70.5 Å². The number of nitrogens with one attached hydrogen (secondary N) is 2. The topological polar surface area (TPSA) is 187 Å². The lowest BCUT2D eigenvalue weighted by Gasteiger charge is -2.36. The molecule has 280 valence electrons. The number of amides is 4. The van der Waals surface area contributed by atoms with Crippen molar-refractivity contribution in [2.24, 2.45) is 7.05 Å². The first-order chi connectivity index (χ1) is 26.0. The fraction of sp³-hybridized carbons (Fsp3) is 0.378. The molecule has 1 atom stereocenters. The molecule has 4 aromatic rings. The second-order valence-corrected chi connectivity index (χ2v) is 16.1. The van der Waals surface area contributed by atoms with Crippen LogP contribution in [0, 0.1) is 0 Å². The quantitative estimate of drug-likeness (QED) is 0.246. The second kappa shape index (κ2) is 14.0. The summed E-state index contributed by atoms with van der Waals surface area (Å²) >= 11 is 0. The standard InChI is InChI=1S/C37H39N9O7S/c1-42-32(48)10-5-24-21-38-37(41-33(24)42)39-25-11-13-45(14-12-25)54(52,53)27-4-2-3-23(19-27)22-43-15-17-44(18-16-43)26-6-7-28-29(20-26)36(51)46(35(28)50)30-8-9-31(47)40-34(30)49/h2-7,10,19-21,25,30H,8-9,11-18,22H2,1H3,(H,38,39,41)(H,40,47,49). The van der Waals surface area contributed by atoms with Crippen molar-refractivity contribution in [2.45, 2.75) is 49.2 Å². The summed E-state index contributed by atoms with van der Waals surface area (Å²) in [5, 5.41) is 6.28. The predicted octanol–water partition coefficient (Wildman–Crippen LogP) is 1.32. The zero-order chi connectivity index (χ0) is 37.7. The third-order valence-electron chi connectivity index (χ3n) is 10.7. The number of piperazine rings is 1. The molecule has 4 aliphatic heterocycles. The van der Waals surface area contributed by atoms with Gasteiger partial charge in [-0.1, -0.05) is 12.1 Å². The van der Waals surface area contributed by atoms with E-state index >= 15 is 0 Å². The van der Waals surface area contributed by atoms with Crippen LogP contribution in [0.3, 0.4) is 0 Å². The van der Waals surface area contributed by atoms with Gasteiger partial charge in [0.05, 0.1) is 16.0 Å². The fourth-order valence-electron chi connectivity index (χ4n) is 7.67. The molecule has 1 unspecified atom stereocenters. The molecule has 2 aromatic carbocycles. The second-order valence-electron chi connectivity index (χ2n) is 14.1. The number of pyridine rings is 1. The number of benzene rings is 2. The monoisotopic (exact) mass is 753 g/mol. The molecule has 4 amide bonds. The van der Waals surface area contributed by atoms with Crippen LogP contribution < -0.4 is 21.1 Å². The summed E-state index contributed by atoms with van der Waals surface area (Å²) in [5.41, 5.74) is 2.54. The minimum atomic E-state index is -3.72. The number of aromatic nitrogens is 3. The molecular weight excluding hydrogens is 715 g/mol. The lowest BCUT2D eigenvalue weighted by atomic mass is 10.0. The summed E-state index contributed by atoms with van der Waals surface area (Å²) < 4.78 is 30.4. The molecule has 2 aromatic heterocycles. The highest BCUT2D eigenvalue weighted by Crippen LogP contribution is 2.31. The van der Waals surface area contributed by atoms with E-state index in [9.17, 15) is 32.4 Å². The number of aryl methyl sites for hydroxylation is 1. The Labute approximate surface area is 310 Å². The Morgan fingerprint density at radius 1 is 0.852 bits per heavy atom. The number of hydrogen-bond donors (Lipinski definition) is 2. The Balaban J connectivity index is 0.856. The molecule has 3 saturated heterocycles. The maximum Gasteiger partial charge on any atom is 0.262 e. The van der Waals surface area contributed by atoms with Crippen molar-refractivity contribution in [2.75, 3.05) is 49.5 Å². The smallest absolute Gasteiger partial charge is 0.262 e. The number of rotatable bonds is 8. The molecule has 8 rings (SSSR count). The number of carbonyl (C=O) groups is 4. The van der Waals surface area contributed by atoms with Crippen LogP contribution in [0.1, 0.15) is 52.0 Å². The average Bonchev–Trinajstić information content (AvgIpc) is 3.42. The molecule has 2 N–H and O–H groups in total. The van der Waals surface area contributed by atoms with E-state index in [1.54, 1.807) is 49.6 Å². The van der Waals surface area contributed by atoms with Crippen LogP contribution in [0.4, 0.5) is 11.6 Å². The summed E-state index contributed by atoms with van der Waals surface area (Å²) in [4.78, 5) is 77.0. The number of nitrogens with zero attached hydrogens (tertiary/aromatic N) is 7. The SMILES string of the molecule is Cn1c(=O)ccc2cnc(NC3CCN(S(=O)(=O)c4cccc(CN5CCN(c6ccc7c(c6)C(=O)N(C6CCC(=O)NC6=O)C7=O)CC5)c4)CC3)nc21. The van der Waals surface area contributed by atoms with E-state index < -0.39 is 39.7 Å². The third-order valence-corrected chi connectivity index (χ3v) is 12.6. The van der Waals surface area contributed by atoms with Crippen LogP contribution in [0.25, 0.3) is 11.0 Å². The van der Waals surface area contributed by atoms with Gasteiger partial charge in [-0.15, -0.1) is 0 Å². The molecule has 0 spiro atoms. The molecule has 54 heavy (non-hydrogen) atoms. The first-order valence-electron chi connectivity index (χ1n) is 18.0. The van der Waals surface area contributed by atoms with Gasteiger partial charge in [0.25, 0.3) is 17.4 Å². The zero-order valence-electron chi connectivity index (χ0n) is 29.6. The molecular formula is C37H39N9O7S. The number of carbonyl (C=O) groups excluding carboxylic acids is 4. The Kier molecular flexibility index (Phi) is 9.23. The maximum atomic E-state index is 13.7. The molecule has 0 bridgehead atoms. The minimum absolute atomic E-state index is 0.0213. The van der Waals surface area contributed by atoms with Gasteiger partial charge in [-0.25, -0.2) is 13.4 Å². The molecule has 17 heteroatoms. The summed E-state index contributed by atoms with van der Waals surface area (Å²) in [5.74, 6) is -1.73. The van der Waals surface area contributed by atoms with E-state index in [0.29, 0.717) is 70.3 Å². The number of piperidine rings is 2. The minimum Gasteiger partial charge on any atom is -0.369 e. The Morgan fingerprint density at radius 2 is 1.61 bits per heavy atom. The first kappa shape index (κ1) is 35.5. The lowest BCUT2D eigenvalue weighted by molar-refractivity contribution is -0.136. The van der Waals surface area contributed by atoms with Gasteiger partial charge in [-0.05, 0) is 61.2 Å². The van der Waals surface area contributed by atoms with Gasteiger partial charge in [-0.2, -0.15) is 9.29 Å². The van der Waals surface area contributed by atoms with E-state index in [1.807, 2.05) is 12.1 Å². The Bertz CT molecular complexity index is 2370. The van der Waals surface area contributed by atoms with Gasteiger partial charge in [0, 0.05) is 88.7 Å². The summed E-state index contributed by atoms with van der Waals surface area (Å²) in [6.07, 6.45) is 2.98. The zero-order valence-corrected chi connectivity index (χ0v) is 30.4. The maximum absolute atomic E-state index is 13.7. The first-order valence-corrected chi connectivity index (χ1v) is 19.4.